The van der Waals surface area contributed by atoms with Crippen molar-refractivity contribution >= 4 is 11.6 Å². The molecule has 0 heterocycles. The quantitative estimate of drug-likeness (QED) is 0.871. The molecule has 0 aromatic heterocycles. The summed E-state index contributed by atoms with van der Waals surface area (Å²) in [6.45, 7) is 0. The molecule has 0 aliphatic rings. The van der Waals surface area contributed by atoms with Crippen molar-refractivity contribution in [2.24, 2.45) is 5.73 Å². The predicted molar refractivity (Wildman–Crippen MR) is 68.4 cm³/mol. The minimum atomic E-state index is -0.769. The first-order valence-corrected chi connectivity index (χ1v) is 5.54. The molecule has 0 spiro atoms. The first-order chi connectivity index (χ1) is 8.66. The second-order valence-corrected chi connectivity index (χ2v) is 3.89. The number of halogens is 1. The number of benzene rings is 2. The summed E-state index contributed by atoms with van der Waals surface area (Å²) in [6.07, 6.45) is 0. The number of anilines is 1. The van der Waals surface area contributed by atoms with Gasteiger partial charge in [-0.25, -0.2) is 4.39 Å². The molecular weight excluding hydrogens is 231 g/mol. The lowest BCUT2D eigenvalue weighted by Gasteiger charge is -2.12. The van der Waals surface area contributed by atoms with E-state index in [1.807, 2.05) is 18.2 Å². The molecule has 2 aromatic carbocycles. The van der Waals surface area contributed by atoms with E-state index in [1.54, 1.807) is 18.2 Å². The van der Waals surface area contributed by atoms with Crippen LogP contribution < -0.4 is 11.1 Å². The molecule has 1 amide bonds. The Morgan fingerprint density at radius 2 is 1.83 bits per heavy atom. The Kier molecular flexibility index (Phi) is 3.69. The van der Waals surface area contributed by atoms with Crippen LogP contribution >= 0.6 is 0 Å². The maximum Gasteiger partial charge on any atom is 0.245 e. The van der Waals surface area contributed by atoms with Gasteiger partial charge < -0.3 is 11.1 Å². The highest BCUT2D eigenvalue weighted by molar-refractivity contribution is 5.95. The minimum Gasteiger partial charge on any atom is -0.324 e. The molecular formula is C14H13FN2O. The van der Waals surface area contributed by atoms with Crippen molar-refractivity contribution in [1.29, 1.82) is 0 Å². The van der Waals surface area contributed by atoms with Crippen LogP contribution in [-0.2, 0) is 4.79 Å². The second-order valence-electron chi connectivity index (χ2n) is 3.89. The number of rotatable bonds is 3. The molecule has 0 bridgehead atoms. The van der Waals surface area contributed by atoms with E-state index in [0.29, 0.717) is 11.3 Å². The summed E-state index contributed by atoms with van der Waals surface area (Å²) in [5.74, 6) is -0.770. The molecule has 1 atom stereocenters. The van der Waals surface area contributed by atoms with Crippen molar-refractivity contribution in [1.82, 2.24) is 0 Å². The van der Waals surface area contributed by atoms with E-state index >= 15 is 0 Å². The van der Waals surface area contributed by atoms with E-state index in [4.69, 9.17) is 5.73 Å². The average Bonchev–Trinajstić information content (AvgIpc) is 2.39. The summed E-state index contributed by atoms with van der Waals surface area (Å²) in [7, 11) is 0. The van der Waals surface area contributed by atoms with Gasteiger partial charge in [0.15, 0.2) is 0 Å². The monoisotopic (exact) mass is 244 g/mol. The van der Waals surface area contributed by atoms with Gasteiger partial charge in [-0.3, -0.25) is 4.79 Å². The van der Waals surface area contributed by atoms with E-state index < -0.39 is 11.9 Å². The zero-order valence-electron chi connectivity index (χ0n) is 9.64. The number of amides is 1. The Morgan fingerprint density at radius 3 is 2.50 bits per heavy atom. The van der Waals surface area contributed by atoms with Gasteiger partial charge in [0.25, 0.3) is 0 Å². The highest BCUT2D eigenvalue weighted by Crippen LogP contribution is 2.14. The molecule has 3 nitrogen and oxygen atoms in total. The topological polar surface area (TPSA) is 55.1 Å². The molecule has 0 fully saturated rings. The maximum absolute atomic E-state index is 13.0. The third kappa shape index (κ3) is 2.93. The highest BCUT2D eigenvalue weighted by Gasteiger charge is 2.15. The van der Waals surface area contributed by atoms with Crippen LogP contribution in [0.4, 0.5) is 10.1 Å². The van der Waals surface area contributed by atoms with Crippen LogP contribution in [0.5, 0.6) is 0 Å². The summed E-state index contributed by atoms with van der Waals surface area (Å²) < 4.78 is 13.0. The van der Waals surface area contributed by atoms with Gasteiger partial charge in [0.2, 0.25) is 5.91 Å². The van der Waals surface area contributed by atoms with Gasteiger partial charge in [-0.1, -0.05) is 36.4 Å². The lowest BCUT2D eigenvalue weighted by Crippen LogP contribution is -2.27. The van der Waals surface area contributed by atoms with Crippen molar-refractivity contribution in [2.75, 3.05) is 5.32 Å². The van der Waals surface area contributed by atoms with Gasteiger partial charge in [0, 0.05) is 5.69 Å². The van der Waals surface area contributed by atoms with Gasteiger partial charge in [-0.15, -0.1) is 0 Å². The molecule has 0 aliphatic carbocycles. The Morgan fingerprint density at radius 1 is 1.11 bits per heavy atom. The van der Waals surface area contributed by atoms with Crippen molar-refractivity contribution in [3.63, 3.8) is 0 Å². The molecule has 1 unspecified atom stereocenters. The van der Waals surface area contributed by atoms with Gasteiger partial charge in [-0.05, 0) is 23.8 Å². The van der Waals surface area contributed by atoms with E-state index in [-0.39, 0.29) is 5.91 Å². The van der Waals surface area contributed by atoms with Gasteiger partial charge in [0.05, 0.1) is 0 Å². The number of nitrogens with one attached hydrogen (secondary N) is 1. The van der Waals surface area contributed by atoms with Crippen LogP contribution in [0.15, 0.2) is 54.6 Å². The molecule has 2 rings (SSSR count). The lowest BCUT2D eigenvalue weighted by molar-refractivity contribution is -0.117. The fourth-order valence-electron chi connectivity index (χ4n) is 1.60. The second kappa shape index (κ2) is 5.42. The number of carbonyl (C=O) groups excluding carboxylic acids is 1. The largest absolute Gasteiger partial charge is 0.324 e. The summed E-state index contributed by atoms with van der Waals surface area (Å²) >= 11 is 0. The standard InChI is InChI=1S/C14H13FN2O/c15-11-7-4-8-12(9-11)17-14(18)13(16)10-5-2-1-3-6-10/h1-9,13H,16H2,(H,17,18). The molecule has 0 saturated carbocycles. The van der Waals surface area contributed by atoms with Gasteiger partial charge in [-0.2, -0.15) is 0 Å². The Labute approximate surface area is 104 Å². The van der Waals surface area contributed by atoms with E-state index in [1.165, 1.54) is 18.2 Å². The average molecular weight is 244 g/mol. The fraction of sp³-hybridized carbons (Fsp3) is 0.0714. The maximum atomic E-state index is 13.0. The predicted octanol–water partition coefficient (Wildman–Crippen LogP) is 2.46. The number of hydrogen-bond donors (Lipinski definition) is 2. The molecule has 2 aromatic rings. The number of hydrogen-bond acceptors (Lipinski definition) is 2. The summed E-state index contributed by atoms with van der Waals surface area (Å²) in [5.41, 5.74) is 6.93. The van der Waals surface area contributed by atoms with Crippen molar-refractivity contribution in [2.45, 2.75) is 6.04 Å². The Balaban J connectivity index is 2.09. The molecule has 0 radical (unpaired) electrons. The summed E-state index contributed by atoms with van der Waals surface area (Å²) in [6, 6.07) is 13.9. The van der Waals surface area contributed by atoms with Crippen molar-refractivity contribution in [3.05, 3.63) is 66.0 Å². The summed E-state index contributed by atoms with van der Waals surface area (Å²) in [4.78, 5) is 11.9. The normalized spacial score (nSPS) is 11.9. The first-order valence-electron chi connectivity index (χ1n) is 5.54. The third-order valence-electron chi connectivity index (χ3n) is 2.53. The van der Waals surface area contributed by atoms with E-state index in [9.17, 15) is 9.18 Å². The zero-order valence-corrected chi connectivity index (χ0v) is 9.64. The molecule has 92 valence electrons. The van der Waals surface area contributed by atoms with Gasteiger partial charge >= 0.3 is 0 Å². The number of carbonyl (C=O) groups is 1. The van der Waals surface area contributed by atoms with Crippen LogP contribution in [0.1, 0.15) is 11.6 Å². The zero-order chi connectivity index (χ0) is 13.0. The van der Waals surface area contributed by atoms with Crippen LogP contribution in [0.25, 0.3) is 0 Å². The Hall–Kier alpha value is -2.20. The van der Waals surface area contributed by atoms with Crippen molar-refractivity contribution in [3.8, 4) is 0 Å². The van der Waals surface area contributed by atoms with Crippen molar-refractivity contribution < 1.29 is 9.18 Å². The van der Waals surface area contributed by atoms with Crippen LogP contribution in [0, 0.1) is 5.82 Å². The molecule has 4 heteroatoms. The molecule has 0 saturated heterocycles. The van der Waals surface area contributed by atoms with Gasteiger partial charge in [0.1, 0.15) is 11.9 Å². The minimum absolute atomic E-state index is 0.369. The van der Waals surface area contributed by atoms with E-state index in [2.05, 4.69) is 5.32 Å². The van der Waals surface area contributed by atoms with Crippen LogP contribution in [0.2, 0.25) is 0 Å². The Bertz CT molecular complexity index is 543. The smallest absolute Gasteiger partial charge is 0.245 e. The van der Waals surface area contributed by atoms with E-state index in [0.717, 1.165) is 0 Å². The SMILES string of the molecule is NC(C(=O)Nc1cccc(F)c1)c1ccccc1. The fourth-order valence-corrected chi connectivity index (χ4v) is 1.60. The molecule has 0 aliphatic heterocycles. The molecule has 3 N–H and O–H groups in total. The van der Waals surface area contributed by atoms with Crippen LogP contribution in [-0.4, -0.2) is 5.91 Å². The molecule has 18 heavy (non-hydrogen) atoms. The summed E-state index contributed by atoms with van der Waals surface area (Å²) in [5, 5.41) is 2.58. The lowest BCUT2D eigenvalue weighted by atomic mass is 10.1. The van der Waals surface area contributed by atoms with Crippen LogP contribution in [0.3, 0.4) is 0 Å². The first kappa shape index (κ1) is 12.3. The highest BCUT2D eigenvalue weighted by atomic mass is 19.1. The third-order valence-corrected chi connectivity index (χ3v) is 2.53. The number of nitrogens with two attached hydrogens (primary N) is 1.